The number of amides is 1. The highest BCUT2D eigenvalue weighted by atomic mass is 32.1. The van der Waals surface area contributed by atoms with E-state index in [9.17, 15) is 4.79 Å². The molecule has 7 nitrogen and oxygen atoms in total. The predicted octanol–water partition coefficient (Wildman–Crippen LogP) is 4.45. The molecule has 0 spiro atoms. The molecule has 0 atom stereocenters. The summed E-state index contributed by atoms with van der Waals surface area (Å²) in [6, 6.07) is 23.3. The number of hydrazone groups is 1. The fourth-order valence-corrected chi connectivity index (χ4v) is 4.67. The van der Waals surface area contributed by atoms with Crippen molar-refractivity contribution in [2.75, 3.05) is 11.8 Å². The van der Waals surface area contributed by atoms with E-state index in [2.05, 4.69) is 15.4 Å². The van der Waals surface area contributed by atoms with E-state index in [-0.39, 0.29) is 12.7 Å². The fraction of sp³-hybridized carbons (Fsp3) is 0.0800. The van der Waals surface area contributed by atoms with Crippen LogP contribution in [0.4, 0.5) is 5.13 Å². The molecule has 162 valence electrons. The van der Waals surface area contributed by atoms with E-state index < -0.39 is 0 Å². The van der Waals surface area contributed by atoms with Gasteiger partial charge in [-0.25, -0.2) is 4.98 Å². The highest BCUT2D eigenvalue weighted by Gasteiger charge is 2.33. The van der Waals surface area contributed by atoms with Crippen LogP contribution in [-0.2, 0) is 11.3 Å². The molecule has 1 N–H and O–H groups in total. The van der Waals surface area contributed by atoms with Crippen LogP contribution >= 0.6 is 11.3 Å². The predicted molar refractivity (Wildman–Crippen MR) is 128 cm³/mol. The third kappa shape index (κ3) is 3.60. The van der Waals surface area contributed by atoms with Crippen LogP contribution in [-0.4, -0.2) is 23.4 Å². The first kappa shape index (κ1) is 19.5. The number of thiazole rings is 1. The molecule has 2 aliphatic rings. The second kappa shape index (κ2) is 8.07. The largest absolute Gasteiger partial charge is 0.454 e. The molecular weight excluding hydrogens is 436 g/mol. The number of benzene rings is 3. The van der Waals surface area contributed by atoms with Crippen molar-refractivity contribution in [1.82, 2.24) is 10.3 Å². The van der Waals surface area contributed by atoms with Crippen molar-refractivity contribution >= 4 is 38.3 Å². The normalized spacial score (nSPS) is 16.0. The standard InChI is InChI=1S/C25H18N4O3S/c30-24-18(14-26-13-16-10-11-20-21(12-16)32-15-31-20)23(17-6-2-1-3-7-17)28-29(24)25-27-19-8-4-5-9-22(19)33-25/h1-12,14,26H,13,15H2/b18-14-. The van der Waals surface area contributed by atoms with Gasteiger partial charge in [0.2, 0.25) is 11.9 Å². The molecule has 3 aromatic carbocycles. The number of rotatable bonds is 5. The molecule has 1 aromatic heterocycles. The Balaban J connectivity index is 1.31. The minimum Gasteiger partial charge on any atom is -0.454 e. The second-order valence-electron chi connectivity index (χ2n) is 7.52. The molecule has 1 amide bonds. The summed E-state index contributed by atoms with van der Waals surface area (Å²) in [6.45, 7) is 0.764. The summed E-state index contributed by atoms with van der Waals surface area (Å²) < 4.78 is 11.8. The summed E-state index contributed by atoms with van der Waals surface area (Å²) in [5.74, 6) is 1.26. The van der Waals surface area contributed by atoms with Crippen molar-refractivity contribution in [3.63, 3.8) is 0 Å². The maximum Gasteiger partial charge on any atom is 0.284 e. The average Bonchev–Trinajstić information content (AvgIpc) is 3.56. The van der Waals surface area contributed by atoms with E-state index in [1.165, 1.54) is 16.3 Å². The van der Waals surface area contributed by atoms with Crippen molar-refractivity contribution in [2.45, 2.75) is 6.54 Å². The van der Waals surface area contributed by atoms with E-state index in [1.807, 2.05) is 72.8 Å². The maximum atomic E-state index is 13.4. The van der Waals surface area contributed by atoms with Gasteiger partial charge < -0.3 is 14.8 Å². The second-order valence-corrected chi connectivity index (χ2v) is 8.53. The van der Waals surface area contributed by atoms with Gasteiger partial charge in [-0.1, -0.05) is 59.9 Å². The van der Waals surface area contributed by atoms with Gasteiger partial charge in [0.15, 0.2) is 11.5 Å². The van der Waals surface area contributed by atoms with Crippen LogP contribution in [0, 0.1) is 0 Å². The zero-order valence-electron chi connectivity index (χ0n) is 17.4. The van der Waals surface area contributed by atoms with Crippen molar-refractivity contribution in [1.29, 1.82) is 0 Å². The summed E-state index contributed by atoms with van der Waals surface area (Å²) in [6.07, 6.45) is 1.73. The molecule has 8 heteroatoms. The van der Waals surface area contributed by atoms with Gasteiger partial charge in [-0.15, -0.1) is 0 Å². The highest BCUT2D eigenvalue weighted by Crippen LogP contribution is 2.34. The minimum atomic E-state index is -0.217. The van der Waals surface area contributed by atoms with Crippen LogP contribution in [0.2, 0.25) is 0 Å². The Morgan fingerprint density at radius 3 is 2.70 bits per heavy atom. The Kier molecular flexibility index (Phi) is 4.77. The average molecular weight is 455 g/mol. The lowest BCUT2D eigenvalue weighted by atomic mass is 10.0. The quantitative estimate of drug-likeness (QED) is 0.451. The smallest absolute Gasteiger partial charge is 0.284 e. The number of carbonyl (C=O) groups excluding carboxylic acids is 1. The number of aromatic nitrogens is 1. The van der Waals surface area contributed by atoms with Gasteiger partial charge in [0, 0.05) is 18.3 Å². The van der Waals surface area contributed by atoms with Crippen molar-refractivity contribution < 1.29 is 14.3 Å². The topological polar surface area (TPSA) is 76.1 Å². The van der Waals surface area contributed by atoms with Crippen molar-refractivity contribution in [2.24, 2.45) is 5.10 Å². The summed E-state index contributed by atoms with van der Waals surface area (Å²) in [5, 5.41) is 9.86. The molecule has 0 bridgehead atoms. The summed E-state index contributed by atoms with van der Waals surface area (Å²) >= 11 is 1.44. The summed E-state index contributed by atoms with van der Waals surface area (Å²) in [5.41, 5.74) is 3.83. The molecule has 0 saturated heterocycles. The number of para-hydroxylation sites is 1. The third-order valence-corrected chi connectivity index (χ3v) is 6.39. The van der Waals surface area contributed by atoms with E-state index in [0.29, 0.717) is 23.0 Å². The number of ether oxygens (including phenoxy) is 2. The van der Waals surface area contributed by atoms with Crippen LogP contribution in [0.1, 0.15) is 11.1 Å². The molecule has 0 aliphatic carbocycles. The number of carbonyl (C=O) groups is 1. The van der Waals surface area contributed by atoms with E-state index in [0.717, 1.165) is 32.8 Å². The van der Waals surface area contributed by atoms with Crippen LogP contribution in [0.25, 0.3) is 10.2 Å². The highest BCUT2D eigenvalue weighted by molar-refractivity contribution is 7.22. The van der Waals surface area contributed by atoms with Gasteiger partial charge in [-0.2, -0.15) is 10.1 Å². The first-order valence-corrected chi connectivity index (χ1v) is 11.2. The van der Waals surface area contributed by atoms with E-state index >= 15 is 0 Å². The van der Waals surface area contributed by atoms with E-state index in [1.54, 1.807) is 6.20 Å². The molecule has 6 rings (SSSR count). The maximum absolute atomic E-state index is 13.4. The molecule has 3 heterocycles. The minimum absolute atomic E-state index is 0.217. The number of nitrogens with zero attached hydrogens (tertiary/aromatic N) is 3. The molecule has 0 radical (unpaired) electrons. The summed E-state index contributed by atoms with van der Waals surface area (Å²) in [4.78, 5) is 18.0. The Morgan fingerprint density at radius 1 is 1.00 bits per heavy atom. The van der Waals surface area contributed by atoms with Crippen LogP contribution in [0.3, 0.4) is 0 Å². The first-order valence-electron chi connectivity index (χ1n) is 10.4. The zero-order valence-corrected chi connectivity index (χ0v) is 18.2. The van der Waals surface area contributed by atoms with Gasteiger partial charge in [0.1, 0.15) is 5.71 Å². The number of nitrogens with one attached hydrogen (secondary N) is 1. The molecule has 0 unspecified atom stereocenters. The third-order valence-electron chi connectivity index (χ3n) is 5.38. The molecular formula is C25H18N4O3S. The van der Waals surface area contributed by atoms with Gasteiger partial charge in [-0.3, -0.25) is 4.79 Å². The van der Waals surface area contributed by atoms with Crippen molar-refractivity contribution in [3.05, 3.63) is 95.7 Å². The zero-order chi connectivity index (χ0) is 22.2. The molecule has 4 aromatic rings. The first-order chi connectivity index (χ1) is 16.3. The molecule has 33 heavy (non-hydrogen) atoms. The number of anilines is 1. The van der Waals surface area contributed by atoms with Gasteiger partial charge in [0.25, 0.3) is 5.91 Å². The van der Waals surface area contributed by atoms with Gasteiger partial charge in [0.05, 0.1) is 15.8 Å². The molecule has 2 aliphatic heterocycles. The van der Waals surface area contributed by atoms with Crippen LogP contribution < -0.4 is 19.8 Å². The number of hydrogen-bond donors (Lipinski definition) is 1. The van der Waals surface area contributed by atoms with Crippen molar-refractivity contribution in [3.8, 4) is 11.5 Å². The Labute approximate surface area is 193 Å². The van der Waals surface area contributed by atoms with Crippen LogP contribution in [0.15, 0.2) is 89.7 Å². The monoisotopic (exact) mass is 454 g/mol. The van der Waals surface area contributed by atoms with Gasteiger partial charge >= 0.3 is 0 Å². The Morgan fingerprint density at radius 2 is 1.82 bits per heavy atom. The lowest BCUT2D eigenvalue weighted by Gasteiger charge is -2.07. The lowest BCUT2D eigenvalue weighted by Crippen LogP contribution is -2.22. The fourth-order valence-electron chi connectivity index (χ4n) is 3.76. The summed E-state index contributed by atoms with van der Waals surface area (Å²) in [7, 11) is 0. The number of fused-ring (bicyclic) bond motifs is 2. The van der Waals surface area contributed by atoms with Crippen LogP contribution in [0.5, 0.6) is 11.5 Å². The Bertz CT molecular complexity index is 1400. The SMILES string of the molecule is O=C1/C(=C\NCc2ccc3c(c2)OCO3)C(c2ccccc2)=NN1c1nc2ccccc2s1. The van der Waals surface area contributed by atoms with E-state index in [4.69, 9.17) is 9.47 Å². The molecule has 0 saturated carbocycles. The Hall–Kier alpha value is -4.17. The molecule has 0 fully saturated rings. The lowest BCUT2D eigenvalue weighted by molar-refractivity contribution is -0.114. The number of hydrogen-bond acceptors (Lipinski definition) is 7. The van der Waals surface area contributed by atoms with Gasteiger partial charge in [-0.05, 0) is 29.8 Å².